The van der Waals surface area contributed by atoms with E-state index in [0.29, 0.717) is 18.7 Å². The zero-order chi connectivity index (χ0) is 15.0. The molecule has 0 radical (unpaired) electrons. The first kappa shape index (κ1) is 16.9. The van der Waals surface area contributed by atoms with E-state index in [1.807, 2.05) is 19.1 Å². The minimum absolute atomic E-state index is 0.0532. The standard InChI is InChI=1S/C14H23NO4S/c1-2-3-8-20(17,18)11-13(16)10-19-14-7-5-4-6-12(14)9-15/h4-7,13,16H,2-3,8-11,15H2,1H3. The lowest BCUT2D eigenvalue weighted by Gasteiger charge is -2.14. The van der Waals surface area contributed by atoms with Crippen molar-refractivity contribution in [1.82, 2.24) is 0 Å². The fourth-order valence-corrected chi connectivity index (χ4v) is 3.37. The number of benzene rings is 1. The SMILES string of the molecule is CCCCS(=O)(=O)CC(O)COc1ccccc1CN. The molecule has 5 nitrogen and oxygen atoms in total. The van der Waals surface area contributed by atoms with Crippen LogP contribution in [0.15, 0.2) is 24.3 Å². The Hall–Kier alpha value is -1.11. The van der Waals surface area contributed by atoms with Crippen molar-refractivity contribution in [3.8, 4) is 5.75 Å². The number of hydrogen-bond acceptors (Lipinski definition) is 5. The largest absolute Gasteiger partial charge is 0.491 e. The zero-order valence-electron chi connectivity index (χ0n) is 11.8. The maximum Gasteiger partial charge on any atom is 0.152 e. The predicted octanol–water partition coefficient (Wildman–Crippen LogP) is 1.10. The van der Waals surface area contributed by atoms with Crippen LogP contribution in [0.4, 0.5) is 0 Å². The normalized spacial score (nSPS) is 13.2. The average molecular weight is 301 g/mol. The molecule has 3 N–H and O–H groups in total. The van der Waals surface area contributed by atoms with Crippen LogP contribution in [-0.4, -0.2) is 37.7 Å². The number of sulfone groups is 1. The first-order chi connectivity index (χ1) is 9.48. The minimum Gasteiger partial charge on any atom is -0.491 e. The summed E-state index contributed by atoms with van der Waals surface area (Å²) in [7, 11) is -3.22. The zero-order valence-corrected chi connectivity index (χ0v) is 12.6. The number of para-hydroxylation sites is 1. The van der Waals surface area contributed by atoms with Gasteiger partial charge in [0.1, 0.15) is 18.5 Å². The van der Waals surface area contributed by atoms with Gasteiger partial charge in [-0.25, -0.2) is 8.42 Å². The van der Waals surface area contributed by atoms with Crippen molar-refractivity contribution in [3.05, 3.63) is 29.8 Å². The van der Waals surface area contributed by atoms with Gasteiger partial charge in [0.15, 0.2) is 9.84 Å². The number of aliphatic hydroxyl groups is 1. The van der Waals surface area contributed by atoms with Gasteiger partial charge in [-0.1, -0.05) is 31.5 Å². The fourth-order valence-electron chi connectivity index (χ4n) is 1.79. The third-order valence-corrected chi connectivity index (χ3v) is 4.68. The molecule has 1 unspecified atom stereocenters. The Bertz CT molecular complexity index is 502. The van der Waals surface area contributed by atoms with Gasteiger partial charge in [-0.3, -0.25) is 0 Å². The van der Waals surface area contributed by atoms with Crippen LogP contribution in [0.3, 0.4) is 0 Å². The molecule has 0 amide bonds. The molecule has 0 saturated heterocycles. The second-order valence-electron chi connectivity index (χ2n) is 4.74. The number of hydrogen-bond donors (Lipinski definition) is 2. The molecule has 0 aromatic heterocycles. The van der Waals surface area contributed by atoms with Gasteiger partial charge in [0.05, 0.1) is 11.5 Å². The Morgan fingerprint density at radius 3 is 2.70 bits per heavy atom. The van der Waals surface area contributed by atoms with Crippen LogP contribution in [-0.2, 0) is 16.4 Å². The van der Waals surface area contributed by atoms with Crippen LogP contribution >= 0.6 is 0 Å². The first-order valence-corrected chi connectivity index (χ1v) is 8.60. The molecule has 0 spiro atoms. The quantitative estimate of drug-likeness (QED) is 0.713. The maximum atomic E-state index is 11.7. The number of unbranched alkanes of at least 4 members (excludes halogenated alkanes) is 1. The molecule has 0 saturated carbocycles. The van der Waals surface area contributed by atoms with Gasteiger partial charge in [-0.2, -0.15) is 0 Å². The molecular formula is C14H23NO4S. The van der Waals surface area contributed by atoms with Crippen molar-refractivity contribution in [1.29, 1.82) is 0 Å². The predicted molar refractivity (Wildman–Crippen MR) is 79.4 cm³/mol. The molecule has 1 rings (SSSR count). The first-order valence-electron chi connectivity index (χ1n) is 6.77. The van der Waals surface area contributed by atoms with E-state index in [0.717, 1.165) is 12.0 Å². The van der Waals surface area contributed by atoms with Crippen LogP contribution in [0.5, 0.6) is 5.75 Å². The average Bonchev–Trinajstić information content (AvgIpc) is 2.42. The van der Waals surface area contributed by atoms with E-state index in [-0.39, 0.29) is 18.1 Å². The molecular weight excluding hydrogens is 278 g/mol. The molecule has 1 aromatic carbocycles. The summed E-state index contributed by atoms with van der Waals surface area (Å²) in [5.74, 6) is 0.428. The van der Waals surface area contributed by atoms with Gasteiger partial charge in [-0.15, -0.1) is 0 Å². The van der Waals surface area contributed by atoms with Crippen LogP contribution in [0, 0.1) is 0 Å². The van der Waals surface area contributed by atoms with E-state index < -0.39 is 15.9 Å². The molecule has 0 aliphatic carbocycles. The third kappa shape index (κ3) is 5.90. The van der Waals surface area contributed by atoms with Gasteiger partial charge < -0.3 is 15.6 Å². The van der Waals surface area contributed by atoms with Crippen molar-refractivity contribution in [2.75, 3.05) is 18.1 Å². The Morgan fingerprint density at radius 2 is 2.05 bits per heavy atom. The number of aliphatic hydroxyl groups excluding tert-OH is 1. The maximum absolute atomic E-state index is 11.7. The lowest BCUT2D eigenvalue weighted by molar-refractivity contribution is 0.124. The molecule has 0 aliphatic rings. The van der Waals surface area contributed by atoms with E-state index >= 15 is 0 Å². The number of rotatable bonds is 9. The highest BCUT2D eigenvalue weighted by atomic mass is 32.2. The van der Waals surface area contributed by atoms with Crippen molar-refractivity contribution in [2.24, 2.45) is 5.73 Å². The lowest BCUT2D eigenvalue weighted by Crippen LogP contribution is -2.28. The molecule has 20 heavy (non-hydrogen) atoms. The minimum atomic E-state index is -3.22. The van der Waals surface area contributed by atoms with Gasteiger partial charge in [0.25, 0.3) is 0 Å². The second kappa shape index (κ2) is 8.24. The third-order valence-electron chi connectivity index (χ3n) is 2.88. The second-order valence-corrected chi connectivity index (χ2v) is 6.97. The Kier molecular flexibility index (Phi) is 6.98. The van der Waals surface area contributed by atoms with Gasteiger partial charge >= 0.3 is 0 Å². The summed E-state index contributed by atoms with van der Waals surface area (Å²) in [5.41, 5.74) is 6.40. The molecule has 0 heterocycles. The molecule has 1 atom stereocenters. The number of ether oxygens (including phenoxy) is 1. The van der Waals surface area contributed by atoms with E-state index in [1.54, 1.807) is 12.1 Å². The molecule has 6 heteroatoms. The van der Waals surface area contributed by atoms with Gasteiger partial charge in [0.2, 0.25) is 0 Å². The summed E-state index contributed by atoms with van der Waals surface area (Å²) in [6, 6.07) is 7.24. The summed E-state index contributed by atoms with van der Waals surface area (Å²) < 4.78 is 28.8. The van der Waals surface area contributed by atoms with Crippen molar-refractivity contribution >= 4 is 9.84 Å². The molecule has 114 valence electrons. The topological polar surface area (TPSA) is 89.6 Å². The van der Waals surface area contributed by atoms with Crippen LogP contribution < -0.4 is 10.5 Å². The van der Waals surface area contributed by atoms with Crippen molar-refractivity contribution < 1.29 is 18.3 Å². The van der Waals surface area contributed by atoms with E-state index in [1.165, 1.54) is 0 Å². The van der Waals surface area contributed by atoms with E-state index in [2.05, 4.69) is 0 Å². The van der Waals surface area contributed by atoms with E-state index in [9.17, 15) is 13.5 Å². The van der Waals surface area contributed by atoms with Crippen LogP contribution in [0.1, 0.15) is 25.3 Å². The molecule has 1 aromatic rings. The van der Waals surface area contributed by atoms with Gasteiger partial charge in [0, 0.05) is 12.1 Å². The summed E-state index contributed by atoms with van der Waals surface area (Å²) in [6.07, 6.45) is 0.407. The van der Waals surface area contributed by atoms with Crippen LogP contribution in [0.25, 0.3) is 0 Å². The van der Waals surface area contributed by atoms with Gasteiger partial charge in [-0.05, 0) is 12.5 Å². The highest BCUT2D eigenvalue weighted by Gasteiger charge is 2.17. The molecule has 0 fully saturated rings. The summed E-state index contributed by atoms with van der Waals surface area (Å²) in [5, 5.41) is 9.77. The Labute approximate surface area is 120 Å². The summed E-state index contributed by atoms with van der Waals surface area (Å²) in [4.78, 5) is 0. The highest BCUT2D eigenvalue weighted by molar-refractivity contribution is 7.91. The molecule has 0 aliphatic heterocycles. The Balaban J connectivity index is 2.49. The Morgan fingerprint density at radius 1 is 1.35 bits per heavy atom. The van der Waals surface area contributed by atoms with E-state index in [4.69, 9.17) is 10.5 Å². The highest BCUT2D eigenvalue weighted by Crippen LogP contribution is 2.17. The van der Waals surface area contributed by atoms with Crippen molar-refractivity contribution in [2.45, 2.75) is 32.4 Å². The number of nitrogens with two attached hydrogens (primary N) is 1. The molecule has 0 bridgehead atoms. The van der Waals surface area contributed by atoms with Crippen molar-refractivity contribution in [3.63, 3.8) is 0 Å². The smallest absolute Gasteiger partial charge is 0.152 e. The summed E-state index contributed by atoms with van der Waals surface area (Å²) >= 11 is 0. The van der Waals surface area contributed by atoms with Crippen LogP contribution in [0.2, 0.25) is 0 Å². The summed E-state index contributed by atoms with van der Waals surface area (Å²) in [6.45, 7) is 2.21. The lowest BCUT2D eigenvalue weighted by atomic mass is 10.2. The monoisotopic (exact) mass is 301 g/mol. The fraction of sp³-hybridized carbons (Fsp3) is 0.571.